The molecule has 2 aliphatic rings. The average molecular weight is 1090 g/mol. The van der Waals surface area contributed by atoms with Crippen molar-refractivity contribution in [1.29, 1.82) is 0 Å². The van der Waals surface area contributed by atoms with Gasteiger partial charge in [0.05, 0.1) is 0 Å². The van der Waals surface area contributed by atoms with E-state index in [1.54, 1.807) is 0 Å². The Morgan fingerprint density at radius 1 is 0.514 bits per heavy atom. The molecule has 70 heavy (non-hydrogen) atoms. The zero-order valence-corrected chi connectivity index (χ0v) is 42.1. The number of benzene rings is 8. The minimum atomic E-state index is -0.434. The fourth-order valence-electron chi connectivity index (χ4n) is 10.1. The third kappa shape index (κ3) is 7.38. The number of pyridine rings is 1. The molecule has 8 heteroatoms. The van der Waals surface area contributed by atoms with Crippen LogP contribution in [0.25, 0.3) is 55.8 Å². The molecule has 0 unspecified atom stereocenters. The van der Waals surface area contributed by atoms with Gasteiger partial charge in [-0.05, 0) is 17.7 Å². The first-order valence-electron chi connectivity index (χ1n) is 26.2. The first-order chi connectivity index (χ1) is 36.0. The molecule has 0 saturated carbocycles. The van der Waals surface area contributed by atoms with Crippen LogP contribution in [0.3, 0.4) is 0 Å². The van der Waals surface area contributed by atoms with Gasteiger partial charge in [-0.15, -0.1) is 0 Å². The standard InChI is InChI=1S/C62H52BN5O.Pt/c1-61(2,3)44-37-43(38-45(39-44)62(4,5)6)49-28-19-27-48(42-21-8-7-9-22-42)60(49)66-41-65(54-31-14-15-32-55(54)66)46-23-18-24-47(40-46)69-59-36-20-35-58(64-59)68-57-34-17-16-33-56(57)67-53-30-13-11-26-51(53)50-25-10-12-29-52(50)63(67)68;/h7-40H,1-6H3;/i7D,8D,9D,21D,22D;. The summed E-state index contributed by atoms with van der Waals surface area (Å²) >= 11 is 2.37. The number of hydrogen-bond acceptors (Lipinski definition) is 4. The van der Waals surface area contributed by atoms with E-state index in [0.29, 0.717) is 22.9 Å². The Labute approximate surface area is 428 Å². The van der Waals surface area contributed by atoms with Crippen molar-refractivity contribution < 1.29 is 30.9 Å². The zero-order chi connectivity index (χ0) is 52.2. The first kappa shape index (κ1) is 38.4. The normalized spacial score (nSPS) is 14.0. The zero-order valence-electron chi connectivity index (χ0n) is 44.8. The molecule has 0 fully saturated rings. The summed E-state index contributed by atoms with van der Waals surface area (Å²) in [6, 6.07) is 58.7. The maximum atomic E-state index is 9.29. The topological polar surface area (TPSA) is 38.5 Å². The van der Waals surface area contributed by atoms with Gasteiger partial charge in [0.25, 0.3) is 0 Å². The molecular formula is C62H52BN5OPt. The summed E-state index contributed by atoms with van der Waals surface area (Å²) in [7, 11) is 0. The second kappa shape index (κ2) is 16.9. The van der Waals surface area contributed by atoms with E-state index in [9.17, 15) is 2.74 Å². The number of hydrogen-bond donors (Lipinski definition) is 0. The summed E-state index contributed by atoms with van der Waals surface area (Å²) in [6.45, 7) is 13.1. The Morgan fingerprint density at radius 3 is 1.80 bits per heavy atom. The Balaban J connectivity index is 1.00. The van der Waals surface area contributed by atoms with Crippen LogP contribution in [-0.4, -0.2) is 21.1 Å². The molecule has 0 aliphatic carbocycles. The van der Waals surface area contributed by atoms with E-state index in [0.717, 1.165) is 54.5 Å². The second-order valence-electron chi connectivity index (χ2n) is 20.0. The van der Waals surface area contributed by atoms with Crippen molar-refractivity contribution in [2.75, 3.05) is 9.62 Å². The van der Waals surface area contributed by atoms with Crippen molar-refractivity contribution >= 4 is 46.4 Å². The van der Waals surface area contributed by atoms with Gasteiger partial charge in [0.15, 0.2) is 0 Å². The molecule has 0 spiro atoms. The van der Waals surface area contributed by atoms with E-state index >= 15 is 0 Å². The molecule has 0 radical (unpaired) electrons. The molecule has 0 N–H and O–H groups in total. The van der Waals surface area contributed by atoms with Gasteiger partial charge >= 0.3 is 347 Å². The quantitative estimate of drug-likeness (QED) is 0.149. The summed E-state index contributed by atoms with van der Waals surface area (Å²) < 4.78 is 56.6. The predicted octanol–water partition coefficient (Wildman–Crippen LogP) is 15.3. The number of imidazole rings is 1. The molecule has 4 heterocycles. The van der Waals surface area contributed by atoms with Gasteiger partial charge in [0, 0.05) is 11.3 Å². The van der Waals surface area contributed by atoms with E-state index in [4.69, 9.17) is 13.8 Å². The van der Waals surface area contributed by atoms with Crippen molar-refractivity contribution in [3.05, 3.63) is 221 Å². The fraction of sp³-hybridized carbons (Fsp3) is 0.129. The number of para-hydroxylation sites is 6. The van der Waals surface area contributed by atoms with Gasteiger partial charge in [-0.2, -0.15) is 0 Å². The first-order valence-corrected chi connectivity index (χ1v) is 24.8. The molecule has 0 saturated heterocycles. The van der Waals surface area contributed by atoms with Crippen LogP contribution in [0.2, 0.25) is 0 Å². The van der Waals surface area contributed by atoms with Gasteiger partial charge in [-0.3, -0.25) is 0 Å². The summed E-state index contributed by atoms with van der Waals surface area (Å²) in [5, 5.41) is 0. The molecule has 2 aliphatic heterocycles. The number of anilines is 4. The second-order valence-corrected chi connectivity index (χ2v) is 21.1. The van der Waals surface area contributed by atoms with Crippen molar-refractivity contribution in [2.24, 2.45) is 0 Å². The van der Waals surface area contributed by atoms with Crippen LogP contribution in [0.1, 0.15) is 59.5 Å². The maximum absolute atomic E-state index is 9.29. The molecule has 2 aromatic heterocycles. The van der Waals surface area contributed by atoms with Crippen molar-refractivity contribution in [1.82, 2.24) is 14.1 Å². The van der Waals surface area contributed by atoms with Gasteiger partial charge < -0.3 is 0 Å². The number of rotatable bonds is 7. The Morgan fingerprint density at radius 2 is 1.09 bits per heavy atom. The number of ether oxygens (including phenoxy) is 1. The summed E-state index contributed by atoms with van der Waals surface area (Å²) in [6.07, 6.45) is 0. The molecule has 12 rings (SSSR count). The molecule has 0 bridgehead atoms. The Kier molecular flexibility index (Phi) is 9.26. The van der Waals surface area contributed by atoms with Gasteiger partial charge in [0.1, 0.15) is 0 Å². The number of aromatic nitrogens is 3. The van der Waals surface area contributed by atoms with E-state index < -0.39 is 6.04 Å². The van der Waals surface area contributed by atoms with Crippen LogP contribution in [0.15, 0.2) is 206 Å². The molecule has 344 valence electrons. The summed E-state index contributed by atoms with van der Waals surface area (Å²) in [5.41, 5.74) is 14.6. The van der Waals surface area contributed by atoms with Crippen molar-refractivity contribution in [3.8, 4) is 56.4 Å². The van der Waals surface area contributed by atoms with Crippen LogP contribution < -0.4 is 19.8 Å². The van der Waals surface area contributed by atoms with E-state index in [1.807, 2.05) is 60.7 Å². The van der Waals surface area contributed by atoms with E-state index in [1.165, 1.54) is 27.7 Å². The third-order valence-corrected chi connectivity index (χ3v) is 14.6. The molecular weight excluding hydrogens is 1040 g/mol. The van der Waals surface area contributed by atoms with Gasteiger partial charge in [-0.1, -0.05) is 54.6 Å². The SMILES string of the molecule is [2H]c1c([2H])c([2H])c(-c2cccc(-c3cc(C(C)(C)C)cc(C(C)(C)C)c3)c2-n2[c](=[Pt])n(-c3cccc(Oc4cccc(N5B6c7ccccc7-c7ccccc7N6c6ccccc65)n4)c3)c3ccccc32)c([2H])c1[2H]. The van der Waals surface area contributed by atoms with Crippen molar-refractivity contribution in [3.63, 3.8) is 0 Å². The van der Waals surface area contributed by atoms with Gasteiger partial charge in [0.2, 0.25) is 0 Å². The molecule has 0 amide bonds. The Hall–Kier alpha value is -7.47. The predicted molar refractivity (Wildman–Crippen MR) is 286 cm³/mol. The van der Waals surface area contributed by atoms with Gasteiger partial charge in [-0.25, -0.2) is 0 Å². The number of fused-ring (bicyclic) bond motifs is 9. The van der Waals surface area contributed by atoms with Crippen LogP contribution in [-0.2, 0) is 30.2 Å². The van der Waals surface area contributed by atoms with Crippen LogP contribution in [0.4, 0.5) is 22.9 Å². The number of nitrogens with zero attached hydrogens (tertiary/aromatic N) is 5. The minimum absolute atomic E-state index is 0.133. The molecule has 10 aromatic rings. The summed E-state index contributed by atoms with van der Waals surface area (Å²) in [4.78, 5) is 9.95. The third-order valence-electron chi connectivity index (χ3n) is 13.5. The van der Waals surface area contributed by atoms with E-state index in [2.05, 4.69) is 195 Å². The average Bonchev–Trinajstić information content (AvgIpc) is 3.96. The summed E-state index contributed by atoms with van der Waals surface area (Å²) in [5.74, 6) is 1.78. The molecule has 8 aromatic carbocycles. The molecule has 0 atom stereocenters. The van der Waals surface area contributed by atoms with Crippen molar-refractivity contribution in [2.45, 2.75) is 52.4 Å². The van der Waals surface area contributed by atoms with Crippen LogP contribution in [0.5, 0.6) is 11.6 Å². The Bertz CT molecular complexity index is 3980. The van der Waals surface area contributed by atoms with Crippen LogP contribution in [0, 0.1) is 3.80 Å². The monoisotopic (exact) mass is 1090 g/mol. The molecule has 6 nitrogen and oxygen atoms in total. The van der Waals surface area contributed by atoms with Crippen LogP contribution >= 0.6 is 0 Å². The fourth-order valence-corrected chi connectivity index (χ4v) is 11.2. The van der Waals surface area contributed by atoms with E-state index in [-0.39, 0.29) is 47.5 Å².